The molecule has 1 rings (SSSR count). The maximum absolute atomic E-state index is 13.4. The Hall–Kier alpha value is -1.55. The van der Waals surface area contributed by atoms with Gasteiger partial charge in [0.15, 0.2) is 6.29 Å². The van der Waals surface area contributed by atoms with Crippen molar-refractivity contribution in [3.63, 3.8) is 0 Å². The van der Waals surface area contributed by atoms with E-state index in [2.05, 4.69) is 0 Å². The molecule has 0 aliphatic carbocycles. The molecule has 0 saturated carbocycles. The molecule has 0 saturated heterocycles. The van der Waals surface area contributed by atoms with E-state index < -0.39 is 17.2 Å². The summed E-state index contributed by atoms with van der Waals surface area (Å²) in [6.07, 6.45) is 3.93. The van der Waals surface area contributed by atoms with E-state index in [0.717, 1.165) is 6.07 Å². The fourth-order valence-electron chi connectivity index (χ4n) is 1.13. The Balaban J connectivity index is 3.05. The topological polar surface area (TPSA) is 43.1 Å². The minimum atomic E-state index is -0.849. The van der Waals surface area contributed by atoms with Gasteiger partial charge in [0.1, 0.15) is 11.6 Å². The zero-order valence-electron chi connectivity index (χ0n) is 8.04. The predicted octanol–water partition coefficient (Wildman–Crippen LogP) is 2.14. The van der Waals surface area contributed by atoms with Gasteiger partial charge in [0.25, 0.3) is 0 Å². The van der Waals surface area contributed by atoms with Gasteiger partial charge >= 0.3 is 0 Å². The van der Waals surface area contributed by atoms with Crippen LogP contribution in [0.25, 0.3) is 6.08 Å². The Morgan fingerprint density at radius 2 is 2.07 bits per heavy atom. The van der Waals surface area contributed by atoms with Crippen molar-refractivity contribution in [3.8, 4) is 0 Å². The Labute approximate surface area is 86.4 Å². The van der Waals surface area contributed by atoms with Gasteiger partial charge < -0.3 is 5.73 Å². The molecule has 4 heteroatoms. The van der Waals surface area contributed by atoms with E-state index in [1.54, 1.807) is 6.08 Å². The van der Waals surface area contributed by atoms with Crippen LogP contribution in [-0.2, 0) is 0 Å². The number of halogens is 2. The molecule has 0 aliphatic heterocycles. The number of benzene rings is 1. The lowest BCUT2D eigenvalue weighted by atomic mass is 10.1. The quantitative estimate of drug-likeness (QED) is 0.775. The van der Waals surface area contributed by atoms with Gasteiger partial charge in [0, 0.05) is 5.56 Å². The van der Waals surface area contributed by atoms with Crippen molar-refractivity contribution in [2.75, 3.05) is 6.54 Å². The molecule has 0 aliphatic rings. The SMILES string of the molecule is NCCC=Cc1ccc(F)c(C=O)c1F. The minimum absolute atomic E-state index is 0.172. The fraction of sp³-hybridized carbons (Fsp3) is 0.182. The molecule has 2 nitrogen and oxygen atoms in total. The van der Waals surface area contributed by atoms with Crippen LogP contribution in [0.1, 0.15) is 22.3 Å². The molecule has 0 spiro atoms. The van der Waals surface area contributed by atoms with Crippen LogP contribution in [0.5, 0.6) is 0 Å². The van der Waals surface area contributed by atoms with Gasteiger partial charge in [-0.2, -0.15) is 0 Å². The number of aldehydes is 1. The van der Waals surface area contributed by atoms with Gasteiger partial charge in [-0.3, -0.25) is 4.79 Å². The minimum Gasteiger partial charge on any atom is -0.330 e. The van der Waals surface area contributed by atoms with Crippen molar-refractivity contribution in [2.24, 2.45) is 5.73 Å². The molecule has 0 unspecified atom stereocenters. The monoisotopic (exact) mass is 211 g/mol. The summed E-state index contributed by atoms with van der Waals surface area (Å²) < 4.78 is 26.3. The van der Waals surface area contributed by atoms with E-state index in [9.17, 15) is 13.6 Å². The van der Waals surface area contributed by atoms with Crippen LogP contribution >= 0.6 is 0 Å². The number of carbonyl (C=O) groups is 1. The van der Waals surface area contributed by atoms with Gasteiger partial charge in [-0.25, -0.2) is 8.78 Å². The molecule has 0 fully saturated rings. The van der Waals surface area contributed by atoms with Crippen molar-refractivity contribution in [1.29, 1.82) is 0 Å². The summed E-state index contributed by atoms with van der Waals surface area (Å²) in [6.45, 7) is 0.458. The second-order valence-corrected chi connectivity index (χ2v) is 2.96. The average molecular weight is 211 g/mol. The van der Waals surface area contributed by atoms with Gasteiger partial charge in [0.05, 0.1) is 5.56 Å². The molecular weight excluding hydrogens is 200 g/mol. The van der Waals surface area contributed by atoms with E-state index in [4.69, 9.17) is 5.73 Å². The molecule has 0 amide bonds. The lowest BCUT2D eigenvalue weighted by molar-refractivity contribution is 0.111. The summed E-state index contributed by atoms with van der Waals surface area (Å²) in [7, 11) is 0. The van der Waals surface area contributed by atoms with Crippen molar-refractivity contribution in [2.45, 2.75) is 6.42 Å². The van der Waals surface area contributed by atoms with E-state index in [-0.39, 0.29) is 11.8 Å². The molecule has 1 aromatic carbocycles. The second kappa shape index (κ2) is 5.36. The summed E-state index contributed by atoms with van der Waals surface area (Å²) >= 11 is 0. The number of carbonyl (C=O) groups excluding carboxylic acids is 1. The summed E-state index contributed by atoms with van der Waals surface area (Å²) in [4.78, 5) is 10.4. The van der Waals surface area contributed by atoms with E-state index in [1.165, 1.54) is 12.1 Å². The number of rotatable bonds is 4. The van der Waals surface area contributed by atoms with E-state index >= 15 is 0 Å². The summed E-state index contributed by atoms with van der Waals surface area (Å²) in [5.41, 5.74) is 4.90. The van der Waals surface area contributed by atoms with Crippen LogP contribution in [0, 0.1) is 11.6 Å². The van der Waals surface area contributed by atoms with Crippen LogP contribution in [0.3, 0.4) is 0 Å². The number of hydrogen-bond acceptors (Lipinski definition) is 2. The smallest absolute Gasteiger partial charge is 0.155 e. The van der Waals surface area contributed by atoms with Crippen molar-refractivity contribution >= 4 is 12.4 Å². The molecule has 80 valence electrons. The Morgan fingerprint density at radius 1 is 1.33 bits per heavy atom. The van der Waals surface area contributed by atoms with E-state index in [1.807, 2.05) is 0 Å². The van der Waals surface area contributed by atoms with Crippen LogP contribution in [0.15, 0.2) is 18.2 Å². The zero-order valence-corrected chi connectivity index (χ0v) is 8.04. The lowest BCUT2D eigenvalue weighted by Gasteiger charge is -2.00. The van der Waals surface area contributed by atoms with Crippen molar-refractivity contribution < 1.29 is 13.6 Å². The molecule has 1 aromatic rings. The first-order chi connectivity index (χ1) is 7.20. The molecule has 0 aromatic heterocycles. The van der Waals surface area contributed by atoms with Crippen LogP contribution in [0.4, 0.5) is 8.78 Å². The van der Waals surface area contributed by atoms with Gasteiger partial charge in [-0.05, 0) is 25.1 Å². The fourth-order valence-corrected chi connectivity index (χ4v) is 1.13. The van der Waals surface area contributed by atoms with Crippen LogP contribution in [0.2, 0.25) is 0 Å². The predicted molar refractivity (Wildman–Crippen MR) is 54.5 cm³/mol. The largest absolute Gasteiger partial charge is 0.330 e. The highest BCUT2D eigenvalue weighted by Crippen LogP contribution is 2.16. The van der Waals surface area contributed by atoms with E-state index in [0.29, 0.717) is 13.0 Å². The Bertz CT molecular complexity index is 388. The highest BCUT2D eigenvalue weighted by atomic mass is 19.1. The maximum Gasteiger partial charge on any atom is 0.155 e. The molecule has 0 heterocycles. The molecular formula is C11H11F2NO. The molecule has 0 radical (unpaired) electrons. The lowest BCUT2D eigenvalue weighted by Crippen LogP contribution is -1.97. The highest BCUT2D eigenvalue weighted by molar-refractivity contribution is 5.77. The first-order valence-electron chi connectivity index (χ1n) is 4.50. The van der Waals surface area contributed by atoms with Crippen molar-refractivity contribution in [1.82, 2.24) is 0 Å². The van der Waals surface area contributed by atoms with Crippen LogP contribution < -0.4 is 5.73 Å². The maximum atomic E-state index is 13.4. The summed E-state index contributed by atoms with van der Waals surface area (Å²) in [5.74, 6) is -1.68. The Morgan fingerprint density at radius 3 is 2.67 bits per heavy atom. The normalized spacial score (nSPS) is 10.9. The first kappa shape index (κ1) is 11.5. The first-order valence-corrected chi connectivity index (χ1v) is 4.50. The Kier molecular flexibility index (Phi) is 4.12. The number of nitrogens with two attached hydrogens (primary N) is 1. The molecule has 15 heavy (non-hydrogen) atoms. The number of hydrogen-bond donors (Lipinski definition) is 1. The summed E-state index contributed by atoms with van der Waals surface area (Å²) in [5, 5.41) is 0. The van der Waals surface area contributed by atoms with Gasteiger partial charge in [-0.1, -0.05) is 12.2 Å². The third-order valence-corrected chi connectivity index (χ3v) is 1.91. The standard InChI is InChI=1S/C11H11F2NO/c12-10-5-4-8(3-1-2-6-14)11(13)9(10)7-15/h1,3-5,7H,2,6,14H2. The third-order valence-electron chi connectivity index (χ3n) is 1.91. The summed E-state index contributed by atoms with van der Waals surface area (Å²) in [6, 6.07) is 2.35. The molecule has 2 N–H and O–H groups in total. The van der Waals surface area contributed by atoms with Gasteiger partial charge in [-0.15, -0.1) is 0 Å². The van der Waals surface area contributed by atoms with Crippen LogP contribution in [-0.4, -0.2) is 12.8 Å². The van der Waals surface area contributed by atoms with Crippen molar-refractivity contribution in [3.05, 3.63) is 41.0 Å². The average Bonchev–Trinajstić information content (AvgIpc) is 2.22. The second-order valence-electron chi connectivity index (χ2n) is 2.96. The highest BCUT2D eigenvalue weighted by Gasteiger charge is 2.10. The van der Waals surface area contributed by atoms with Gasteiger partial charge in [0.2, 0.25) is 0 Å². The molecule has 0 bridgehead atoms. The third kappa shape index (κ3) is 2.70. The molecule has 0 atom stereocenters. The zero-order chi connectivity index (χ0) is 11.3.